The van der Waals surface area contributed by atoms with Gasteiger partial charge in [-0.25, -0.2) is 0 Å². The van der Waals surface area contributed by atoms with Crippen molar-refractivity contribution in [2.75, 3.05) is 0 Å². The van der Waals surface area contributed by atoms with Crippen molar-refractivity contribution in [2.24, 2.45) is 5.73 Å². The van der Waals surface area contributed by atoms with E-state index in [2.05, 4.69) is 10.1 Å². The van der Waals surface area contributed by atoms with Crippen LogP contribution in [0.25, 0.3) is 11.4 Å². The van der Waals surface area contributed by atoms with E-state index < -0.39 is 5.54 Å². The summed E-state index contributed by atoms with van der Waals surface area (Å²) in [5, 5.41) is 13.5. The normalized spacial score (nSPS) is 18.6. The predicted molar refractivity (Wildman–Crippen MR) is 75.0 cm³/mol. The molecule has 0 spiro atoms. The van der Waals surface area contributed by atoms with Gasteiger partial charge in [0.2, 0.25) is 11.7 Å². The van der Waals surface area contributed by atoms with Crippen molar-refractivity contribution in [3.05, 3.63) is 30.2 Å². The highest BCUT2D eigenvalue weighted by molar-refractivity contribution is 5.56. The fourth-order valence-corrected chi connectivity index (χ4v) is 2.76. The smallest absolute Gasteiger partial charge is 0.247 e. The van der Waals surface area contributed by atoms with Crippen molar-refractivity contribution in [1.29, 1.82) is 0 Å². The van der Waals surface area contributed by atoms with Crippen LogP contribution in [-0.2, 0) is 5.54 Å². The van der Waals surface area contributed by atoms with Crippen LogP contribution in [0.1, 0.15) is 44.4 Å². The van der Waals surface area contributed by atoms with Gasteiger partial charge in [-0.05, 0) is 25.0 Å². The first-order valence-electron chi connectivity index (χ1n) is 7.10. The zero-order chi connectivity index (χ0) is 14.0. The molecule has 0 bridgehead atoms. The van der Waals surface area contributed by atoms with Gasteiger partial charge < -0.3 is 15.4 Å². The monoisotopic (exact) mass is 273 g/mol. The molecule has 1 saturated carbocycles. The summed E-state index contributed by atoms with van der Waals surface area (Å²) in [6.07, 6.45) is 6.39. The van der Waals surface area contributed by atoms with Crippen LogP contribution in [0.15, 0.2) is 28.8 Å². The van der Waals surface area contributed by atoms with Gasteiger partial charge in [-0.2, -0.15) is 4.98 Å². The summed E-state index contributed by atoms with van der Waals surface area (Å²) in [4.78, 5) is 4.44. The maximum atomic E-state index is 9.51. The molecule has 1 aliphatic rings. The SMILES string of the molecule is NC1(c2nc(-c3cccc(O)c3)no2)CCCCCC1. The highest BCUT2D eigenvalue weighted by atomic mass is 16.5. The van der Waals surface area contributed by atoms with Crippen molar-refractivity contribution in [3.63, 3.8) is 0 Å². The fourth-order valence-electron chi connectivity index (χ4n) is 2.76. The second kappa shape index (κ2) is 5.25. The molecule has 1 aliphatic carbocycles. The van der Waals surface area contributed by atoms with Gasteiger partial charge in [0.25, 0.3) is 0 Å². The summed E-state index contributed by atoms with van der Waals surface area (Å²) < 4.78 is 5.39. The number of nitrogens with two attached hydrogens (primary N) is 1. The summed E-state index contributed by atoms with van der Waals surface area (Å²) >= 11 is 0. The molecule has 3 rings (SSSR count). The van der Waals surface area contributed by atoms with Crippen molar-refractivity contribution in [1.82, 2.24) is 10.1 Å². The molecule has 106 valence electrons. The van der Waals surface area contributed by atoms with E-state index in [9.17, 15) is 5.11 Å². The van der Waals surface area contributed by atoms with E-state index in [0.29, 0.717) is 11.7 Å². The minimum atomic E-state index is -0.501. The summed E-state index contributed by atoms with van der Waals surface area (Å²) in [5.41, 5.74) is 6.69. The molecule has 0 radical (unpaired) electrons. The zero-order valence-corrected chi connectivity index (χ0v) is 11.4. The minimum Gasteiger partial charge on any atom is -0.508 e. The molecule has 20 heavy (non-hydrogen) atoms. The third-order valence-corrected chi connectivity index (χ3v) is 3.95. The van der Waals surface area contributed by atoms with Gasteiger partial charge in [0.05, 0.1) is 5.54 Å². The Morgan fingerprint density at radius 3 is 2.60 bits per heavy atom. The molecule has 0 amide bonds. The molecule has 5 nitrogen and oxygen atoms in total. The van der Waals surface area contributed by atoms with E-state index in [4.69, 9.17) is 10.3 Å². The van der Waals surface area contributed by atoms with E-state index in [1.165, 1.54) is 12.8 Å². The highest BCUT2D eigenvalue weighted by Crippen LogP contribution is 2.33. The first-order chi connectivity index (χ1) is 9.67. The molecule has 0 aliphatic heterocycles. The Bertz CT molecular complexity index is 586. The zero-order valence-electron chi connectivity index (χ0n) is 11.4. The number of phenols is 1. The van der Waals surface area contributed by atoms with Crippen LogP contribution >= 0.6 is 0 Å². The van der Waals surface area contributed by atoms with E-state index >= 15 is 0 Å². The Balaban J connectivity index is 1.89. The van der Waals surface area contributed by atoms with E-state index in [1.807, 2.05) is 6.07 Å². The molecular weight excluding hydrogens is 254 g/mol. The Hall–Kier alpha value is -1.88. The van der Waals surface area contributed by atoms with Crippen molar-refractivity contribution < 1.29 is 9.63 Å². The average Bonchev–Trinajstić information content (AvgIpc) is 2.84. The lowest BCUT2D eigenvalue weighted by Crippen LogP contribution is -2.36. The van der Waals surface area contributed by atoms with Gasteiger partial charge in [0, 0.05) is 5.56 Å². The Morgan fingerprint density at radius 2 is 1.90 bits per heavy atom. The maximum Gasteiger partial charge on any atom is 0.247 e. The average molecular weight is 273 g/mol. The van der Waals surface area contributed by atoms with Crippen LogP contribution in [0.4, 0.5) is 0 Å². The number of hydrogen-bond donors (Lipinski definition) is 2. The van der Waals surface area contributed by atoms with Crippen LogP contribution in [-0.4, -0.2) is 15.2 Å². The first-order valence-corrected chi connectivity index (χ1v) is 7.10. The Morgan fingerprint density at radius 1 is 1.15 bits per heavy atom. The van der Waals surface area contributed by atoms with Crippen LogP contribution in [0.5, 0.6) is 5.75 Å². The fraction of sp³-hybridized carbons (Fsp3) is 0.467. The number of phenolic OH excluding ortho intramolecular Hbond substituents is 1. The molecule has 0 saturated heterocycles. The van der Waals surface area contributed by atoms with Gasteiger partial charge in [0.1, 0.15) is 5.75 Å². The highest BCUT2D eigenvalue weighted by Gasteiger charge is 2.34. The number of aromatic nitrogens is 2. The van der Waals surface area contributed by atoms with Crippen molar-refractivity contribution in [3.8, 4) is 17.1 Å². The number of nitrogens with zero attached hydrogens (tertiary/aromatic N) is 2. The number of rotatable bonds is 2. The second-order valence-corrected chi connectivity index (χ2v) is 5.54. The first kappa shape index (κ1) is 13.1. The summed E-state index contributed by atoms with van der Waals surface area (Å²) in [6.45, 7) is 0. The third-order valence-electron chi connectivity index (χ3n) is 3.95. The molecule has 0 unspecified atom stereocenters. The van der Waals surface area contributed by atoms with Crippen LogP contribution in [0.2, 0.25) is 0 Å². The lowest BCUT2D eigenvalue weighted by molar-refractivity contribution is 0.257. The minimum absolute atomic E-state index is 0.186. The van der Waals surface area contributed by atoms with Crippen LogP contribution in [0.3, 0.4) is 0 Å². The molecule has 1 fully saturated rings. The Labute approximate surface area is 117 Å². The number of benzene rings is 1. The van der Waals surface area contributed by atoms with Gasteiger partial charge in [-0.3, -0.25) is 0 Å². The summed E-state index contributed by atoms with van der Waals surface area (Å²) in [5.74, 6) is 1.17. The van der Waals surface area contributed by atoms with Crippen molar-refractivity contribution >= 4 is 0 Å². The summed E-state index contributed by atoms with van der Waals surface area (Å²) in [6, 6.07) is 6.82. The van der Waals surface area contributed by atoms with Gasteiger partial charge in [0.15, 0.2) is 0 Å². The topological polar surface area (TPSA) is 85.2 Å². The van der Waals surface area contributed by atoms with Gasteiger partial charge >= 0.3 is 0 Å². The van der Waals surface area contributed by atoms with E-state index in [0.717, 1.165) is 31.2 Å². The molecule has 1 heterocycles. The van der Waals surface area contributed by atoms with E-state index in [1.54, 1.807) is 18.2 Å². The molecule has 1 aromatic heterocycles. The maximum absolute atomic E-state index is 9.51. The Kier molecular flexibility index (Phi) is 3.44. The molecule has 2 aromatic rings. The lowest BCUT2D eigenvalue weighted by Gasteiger charge is -2.22. The van der Waals surface area contributed by atoms with Gasteiger partial charge in [-0.15, -0.1) is 0 Å². The van der Waals surface area contributed by atoms with Crippen molar-refractivity contribution in [2.45, 2.75) is 44.1 Å². The largest absolute Gasteiger partial charge is 0.508 e. The van der Waals surface area contributed by atoms with Crippen LogP contribution < -0.4 is 5.73 Å². The molecule has 3 N–H and O–H groups in total. The molecule has 5 heteroatoms. The third kappa shape index (κ3) is 2.54. The van der Waals surface area contributed by atoms with Gasteiger partial charge in [-0.1, -0.05) is 43.0 Å². The summed E-state index contributed by atoms with van der Waals surface area (Å²) in [7, 11) is 0. The molecular formula is C15H19N3O2. The molecule has 1 aromatic carbocycles. The quantitative estimate of drug-likeness (QED) is 0.822. The standard InChI is InChI=1S/C15H19N3O2/c16-15(8-3-1-2-4-9-15)14-17-13(18-20-14)11-6-5-7-12(19)10-11/h5-7,10,19H,1-4,8-9,16H2. The lowest BCUT2D eigenvalue weighted by atomic mass is 9.91. The molecule has 0 atom stereocenters. The number of hydrogen-bond acceptors (Lipinski definition) is 5. The second-order valence-electron chi connectivity index (χ2n) is 5.54. The predicted octanol–water partition coefficient (Wildman–Crippen LogP) is 2.95. The number of aromatic hydroxyl groups is 1. The van der Waals surface area contributed by atoms with E-state index in [-0.39, 0.29) is 5.75 Å². The van der Waals surface area contributed by atoms with Crippen LogP contribution in [0, 0.1) is 0 Å².